The van der Waals surface area contributed by atoms with E-state index >= 15 is 0 Å². The van der Waals surface area contributed by atoms with E-state index in [1.807, 2.05) is 0 Å². The van der Waals surface area contributed by atoms with Crippen LogP contribution in [-0.4, -0.2) is 43.9 Å². The van der Waals surface area contributed by atoms with E-state index in [-0.39, 0.29) is 5.75 Å². The zero-order chi connectivity index (χ0) is 11.6. The Kier molecular flexibility index (Phi) is 3.79. The molecule has 0 aromatic carbocycles. The molecule has 2 aliphatic rings. The summed E-state index contributed by atoms with van der Waals surface area (Å²) in [6, 6.07) is 0.582. The first kappa shape index (κ1) is 12.2. The van der Waals surface area contributed by atoms with Crippen molar-refractivity contribution in [3.8, 4) is 0 Å². The van der Waals surface area contributed by atoms with Crippen LogP contribution in [0, 0.1) is 5.92 Å². The summed E-state index contributed by atoms with van der Waals surface area (Å²) in [4.78, 5) is 4.32. The second-order valence-electron chi connectivity index (χ2n) is 4.57. The van der Waals surface area contributed by atoms with Crippen molar-refractivity contribution in [3.63, 3.8) is 0 Å². The molecule has 16 heavy (non-hydrogen) atoms. The average molecular weight is 262 g/mol. The van der Waals surface area contributed by atoms with Crippen LogP contribution in [0.15, 0.2) is 4.99 Å². The van der Waals surface area contributed by atoms with Gasteiger partial charge in [0.15, 0.2) is 5.17 Å². The summed E-state index contributed by atoms with van der Waals surface area (Å²) in [5, 5.41) is 4.36. The molecule has 1 N–H and O–H groups in total. The Balaban J connectivity index is 1.84. The molecule has 0 radical (unpaired) electrons. The van der Waals surface area contributed by atoms with Gasteiger partial charge in [0.1, 0.15) is 9.84 Å². The summed E-state index contributed by atoms with van der Waals surface area (Å²) in [5.41, 5.74) is 0. The molecule has 1 heterocycles. The Morgan fingerprint density at radius 3 is 3.06 bits per heavy atom. The predicted molar refractivity (Wildman–Crippen MR) is 68.7 cm³/mol. The van der Waals surface area contributed by atoms with Gasteiger partial charge >= 0.3 is 0 Å². The largest absolute Gasteiger partial charge is 0.362 e. The van der Waals surface area contributed by atoms with Gasteiger partial charge in [-0.05, 0) is 18.8 Å². The lowest BCUT2D eigenvalue weighted by Crippen LogP contribution is -2.41. The molecule has 0 aromatic heterocycles. The van der Waals surface area contributed by atoms with Crippen molar-refractivity contribution in [1.82, 2.24) is 5.32 Å². The fourth-order valence-electron chi connectivity index (χ4n) is 2.22. The number of nitrogens with zero attached hydrogens (tertiary/aromatic N) is 1. The predicted octanol–water partition coefficient (Wildman–Crippen LogP) is 0.892. The van der Waals surface area contributed by atoms with E-state index in [4.69, 9.17) is 0 Å². The average Bonchev–Trinajstić information content (AvgIpc) is 2.62. The SMILES string of the molecule is CS(=O)(=O)CCN=C1NC2CCCC2CS1. The highest BCUT2D eigenvalue weighted by molar-refractivity contribution is 8.13. The lowest BCUT2D eigenvalue weighted by Gasteiger charge is -2.27. The number of rotatable bonds is 3. The molecule has 6 heteroatoms. The summed E-state index contributed by atoms with van der Waals surface area (Å²) < 4.78 is 21.9. The van der Waals surface area contributed by atoms with Gasteiger partial charge in [0, 0.05) is 18.1 Å². The second-order valence-corrected chi connectivity index (χ2v) is 7.84. The van der Waals surface area contributed by atoms with E-state index in [0.29, 0.717) is 12.6 Å². The monoisotopic (exact) mass is 262 g/mol. The highest BCUT2D eigenvalue weighted by atomic mass is 32.2. The maximum atomic E-state index is 11.0. The first-order valence-corrected chi connectivity index (χ1v) is 8.71. The van der Waals surface area contributed by atoms with Gasteiger partial charge in [-0.3, -0.25) is 4.99 Å². The lowest BCUT2D eigenvalue weighted by atomic mass is 10.1. The van der Waals surface area contributed by atoms with Gasteiger partial charge in [-0.2, -0.15) is 0 Å². The molecule has 0 amide bonds. The second kappa shape index (κ2) is 4.96. The van der Waals surface area contributed by atoms with Crippen molar-refractivity contribution in [3.05, 3.63) is 0 Å². The number of thioether (sulfide) groups is 1. The lowest BCUT2D eigenvalue weighted by molar-refractivity contribution is 0.490. The standard InChI is InChI=1S/C10H18N2O2S2/c1-16(13,14)6-5-11-10-12-9-4-2-3-8(9)7-15-10/h8-9H,2-7H2,1H3,(H,11,12). The van der Waals surface area contributed by atoms with Crippen molar-refractivity contribution in [2.45, 2.75) is 25.3 Å². The van der Waals surface area contributed by atoms with Gasteiger partial charge in [0.2, 0.25) is 0 Å². The zero-order valence-electron chi connectivity index (χ0n) is 9.48. The maximum absolute atomic E-state index is 11.0. The molecular formula is C10H18N2O2S2. The first-order valence-electron chi connectivity index (χ1n) is 5.66. The Bertz CT molecular complexity index is 378. The molecule has 2 fully saturated rings. The third-order valence-corrected chi connectivity index (χ3v) is 5.16. The normalized spacial score (nSPS) is 32.4. The van der Waals surface area contributed by atoms with Gasteiger partial charge in [-0.15, -0.1) is 0 Å². The number of fused-ring (bicyclic) bond motifs is 1. The van der Waals surface area contributed by atoms with E-state index in [2.05, 4.69) is 10.3 Å². The van der Waals surface area contributed by atoms with Crippen molar-refractivity contribution < 1.29 is 8.42 Å². The quantitative estimate of drug-likeness (QED) is 0.821. The van der Waals surface area contributed by atoms with Gasteiger partial charge in [-0.1, -0.05) is 18.2 Å². The molecule has 0 bridgehead atoms. The Hall–Kier alpha value is -0.230. The van der Waals surface area contributed by atoms with Gasteiger partial charge in [0.25, 0.3) is 0 Å². The minimum atomic E-state index is -2.89. The number of sulfone groups is 1. The summed E-state index contributed by atoms with van der Waals surface area (Å²) in [6.07, 6.45) is 5.11. The number of amidine groups is 1. The van der Waals surface area contributed by atoms with Crippen LogP contribution >= 0.6 is 11.8 Å². The third-order valence-electron chi connectivity index (χ3n) is 3.12. The Labute approximate surface area is 101 Å². The zero-order valence-corrected chi connectivity index (χ0v) is 11.1. The Morgan fingerprint density at radius 2 is 2.31 bits per heavy atom. The summed E-state index contributed by atoms with van der Waals surface area (Å²) in [6.45, 7) is 0.381. The fraction of sp³-hybridized carbons (Fsp3) is 0.900. The van der Waals surface area contributed by atoms with E-state index in [1.165, 1.54) is 25.5 Å². The van der Waals surface area contributed by atoms with Crippen molar-refractivity contribution in [1.29, 1.82) is 0 Å². The smallest absolute Gasteiger partial charge is 0.156 e. The van der Waals surface area contributed by atoms with Crippen molar-refractivity contribution in [2.24, 2.45) is 10.9 Å². The molecular weight excluding hydrogens is 244 g/mol. The Morgan fingerprint density at radius 1 is 1.50 bits per heavy atom. The molecule has 2 rings (SSSR count). The van der Waals surface area contributed by atoms with Gasteiger partial charge < -0.3 is 5.32 Å². The molecule has 2 atom stereocenters. The minimum absolute atomic E-state index is 0.146. The van der Waals surface area contributed by atoms with E-state index < -0.39 is 9.84 Å². The van der Waals surface area contributed by atoms with Gasteiger partial charge in [0.05, 0.1) is 12.3 Å². The number of hydrogen-bond donors (Lipinski definition) is 1. The minimum Gasteiger partial charge on any atom is -0.362 e. The van der Waals surface area contributed by atoms with Crippen LogP contribution in [0.4, 0.5) is 0 Å². The van der Waals surface area contributed by atoms with Crippen LogP contribution in [0.25, 0.3) is 0 Å². The van der Waals surface area contributed by atoms with Crippen LogP contribution in [0.2, 0.25) is 0 Å². The maximum Gasteiger partial charge on any atom is 0.156 e. The molecule has 92 valence electrons. The number of aliphatic imine (C=N–C) groups is 1. The van der Waals surface area contributed by atoms with E-state index in [0.717, 1.165) is 16.8 Å². The molecule has 1 saturated carbocycles. The van der Waals surface area contributed by atoms with Crippen molar-refractivity contribution in [2.75, 3.05) is 24.3 Å². The van der Waals surface area contributed by atoms with Crippen LogP contribution in [0.3, 0.4) is 0 Å². The van der Waals surface area contributed by atoms with Crippen LogP contribution < -0.4 is 5.32 Å². The summed E-state index contributed by atoms with van der Waals surface area (Å²) in [7, 11) is -2.89. The molecule has 1 aliphatic carbocycles. The van der Waals surface area contributed by atoms with Crippen molar-refractivity contribution >= 4 is 26.8 Å². The van der Waals surface area contributed by atoms with Crippen LogP contribution in [0.1, 0.15) is 19.3 Å². The van der Waals surface area contributed by atoms with Gasteiger partial charge in [-0.25, -0.2) is 8.42 Å². The molecule has 2 unspecified atom stereocenters. The number of nitrogens with one attached hydrogen (secondary N) is 1. The first-order chi connectivity index (χ1) is 7.54. The highest BCUT2D eigenvalue weighted by Gasteiger charge is 2.31. The number of hydrogen-bond acceptors (Lipinski definition) is 4. The fourth-order valence-corrected chi connectivity index (χ4v) is 3.83. The molecule has 1 aliphatic heterocycles. The highest BCUT2D eigenvalue weighted by Crippen LogP contribution is 2.32. The topological polar surface area (TPSA) is 58.5 Å². The molecule has 0 aromatic rings. The third kappa shape index (κ3) is 3.38. The van der Waals surface area contributed by atoms with Crippen LogP contribution in [-0.2, 0) is 9.84 Å². The molecule has 1 saturated heterocycles. The summed E-state index contributed by atoms with van der Waals surface area (Å²) in [5.74, 6) is 2.07. The van der Waals surface area contributed by atoms with Crippen LogP contribution in [0.5, 0.6) is 0 Å². The summed E-state index contributed by atoms with van der Waals surface area (Å²) >= 11 is 1.73. The molecule has 4 nitrogen and oxygen atoms in total. The van der Waals surface area contributed by atoms with E-state index in [9.17, 15) is 8.42 Å². The van der Waals surface area contributed by atoms with E-state index in [1.54, 1.807) is 11.8 Å². The molecule has 0 spiro atoms.